The van der Waals surface area contributed by atoms with Gasteiger partial charge in [-0.2, -0.15) is 5.26 Å². The fourth-order valence-electron chi connectivity index (χ4n) is 0.955. The van der Waals surface area contributed by atoms with E-state index in [2.05, 4.69) is 11.4 Å². The van der Waals surface area contributed by atoms with Crippen molar-refractivity contribution >= 4 is 0 Å². The second-order valence-corrected chi connectivity index (χ2v) is 3.04. The van der Waals surface area contributed by atoms with Crippen molar-refractivity contribution in [2.75, 3.05) is 6.54 Å². The van der Waals surface area contributed by atoms with Crippen LogP contribution in [-0.2, 0) is 0 Å². The summed E-state index contributed by atoms with van der Waals surface area (Å²) < 4.78 is 0. The van der Waals surface area contributed by atoms with E-state index in [1.807, 2.05) is 6.92 Å². The molecule has 3 heteroatoms. The molecule has 0 saturated heterocycles. The van der Waals surface area contributed by atoms with Crippen molar-refractivity contribution < 1.29 is 5.11 Å². The topological polar surface area (TPSA) is 56.0 Å². The maximum atomic E-state index is 8.94. The van der Waals surface area contributed by atoms with Gasteiger partial charge in [0.25, 0.3) is 0 Å². The lowest BCUT2D eigenvalue weighted by molar-refractivity contribution is 0.181. The molecule has 0 aromatic heterocycles. The van der Waals surface area contributed by atoms with Crippen molar-refractivity contribution in [1.29, 1.82) is 5.26 Å². The molecule has 0 saturated carbocycles. The molecule has 0 aliphatic rings. The monoisotopic (exact) mass is 170 g/mol. The number of nitriles is 1. The van der Waals surface area contributed by atoms with Gasteiger partial charge in [-0.1, -0.05) is 6.92 Å². The van der Waals surface area contributed by atoms with Crippen LogP contribution in [0.15, 0.2) is 0 Å². The van der Waals surface area contributed by atoms with Gasteiger partial charge in [0.05, 0.1) is 18.2 Å². The van der Waals surface area contributed by atoms with E-state index in [9.17, 15) is 0 Å². The van der Waals surface area contributed by atoms with Gasteiger partial charge in [0.15, 0.2) is 0 Å². The largest absolute Gasteiger partial charge is 0.393 e. The number of nitrogens with one attached hydrogen (secondary N) is 1. The summed E-state index contributed by atoms with van der Waals surface area (Å²) in [7, 11) is 0. The molecule has 3 nitrogen and oxygen atoms in total. The Morgan fingerprint density at radius 2 is 2.25 bits per heavy atom. The van der Waals surface area contributed by atoms with Crippen LogP contribution in [-0.4, -0.2) is 23.8 Å². The van der Waals surface area contributed by atoms with E-state index in [1.165, 1.54) is 0 Å². The number of rotatable bonds is 6. The maximum absolute atomic E-state index is 8.94. The minimum atomic E-state index is -0.228. The number of aliphatic hydroxyl groups excluding tert-OH is 1. The third kappa shape index (κ3) is 6.14. The molecule has 2 atom stereocenters. The van der Waals surface area contributed by atoms with Crippen LogP contribution in [0.5, 0.6) is 0 Å². The van der Waals surface area contributed by atoms with Crippen LogP contribution in [0.4, 0.5) is 0 Å². The van der Waals surface area contributed by atoms with Crippen molar-refractivity contribution in [3.8, 4) is 6.07 Å². The highest BCUT2D eigenvalue weighted by Crippen LogP contribution is 1.95. The van der Waals surface area contributed by atoms with Crippen LogP contribution in [0.2, 0.25) is 0 Å². The Kier molecular flexibility index (Phi) is 6.73. The summed E-state index contributed by atoms with van der Waals surface area (Å²) in [4.78, 5) is 0. The van der Waals surface area contributed by atoms with E-state index in [0.717, 1.165) is 25.8 Å². The van der Waals surface area contributed by atoms with Gasteiger partial charge in [0.2, 0.25) is 0 Å². The van der Waals surface area contributed by atoms with Gasteiger partial charge >= 0.3 is 0 Å². The Balaban J connectivity index is 3.25. The van der Waals surface area contributed by atoms with E-state index >= 15 is 0 Å². The normalized spacial score (nSPS) is 15.2. The standard InChI is InChI=1S/C9H18N2O/c1-3-9(7-10)11-6-4-5-8(2)12/h8-9,11-12H,3-6H2,1-2H3. The van der Waals surface area contributed by atoms with Crippen LogP contribution in [0.1, 0.15) is 33.1 Å². The van der Waals surface area contributed by atoms with Gasteiger partial charge in [-0.25, -0.2) is 0 Å². The molecule has 0 heterocycles. The Bertz CT molecular complexity index is 140. The molecular weight excluding hydrogens is 152 g/mol. The number of hydrogen-bond acceptors (Lipinski definition) is 3. The summed E-state index contributed by atoms with van der Waals surface area (Å²) in [5.41, 5.74) is 0. The molecule has 12 heavy (non-hydrogen) atoms. The van der Waals surface area contributed by atoms with E-state index in [-0.39, 0.29) is 12.1 Å². The van der Waals surface area contributed by atoms with Gasteiger partial charge in [0, 0.05) is 0 Å². The van der Waals surface area contributed by atoms with Crippen molar-refractivity contribution in [1.82, 2.24) is 5.32 Å². The highest BCUT2D eigenvalue weighted by Gasteiger charge is 2.01. The van der Waals surface area contributed by atoms with E-state index in [0.29, 0.717) is 0 Å². The van der Waals surface area contributed by atoms with E-state index in [4.69, 9.17) is 10.4 Å². The van der Waals surface area contributed by atoms with E-state index < -0.39 is 0 Å². The molecule has 2 N–H and O–H groups in total. The summed E-state index contributed by atoms with van der Waals surface area (Å²) in [5.74, 6) is 0. The summed E-state index contributed by atoms with van der Waals surface area (Å²) in [6.45, 7) is 4.58. The molecule has 0 rings (SSSR count). The molecule has 2 unspecified atom stereocenters. The fraction of sp³-hybridized carbons (Fsp3) is 0.889. The zero-order valence-electron chi connectivity index (χ0n) is 7.88. The molecule has 0 spiro atoms. The molecule has 0 aromatic rings. The quantitative estimate of drug-likeness (QED) is 0.586. The molecule has 0 amide bonds. The van der Waals surface area contributed by atoms with Gasteiger partial charge in [-0.05, 0) is 32.7 Å². The number of aliphatic hydroxyl groups is 1. The Morgan fingerprint density at radius 1 is 1.58 bits per heavy atom. The average Bonchev–Trinajstić information content (AvgIpc) is 2.04. The van der Waals surface area contributed by atoms with Crippen molar-refractivity contribution in [2.45, 2.75) is 45.3 Å². The summed E-state index contributed by atoms with van der Waals surface area (Å²) in [6.07, 6.45) is 2.34. The average molecular weight is 170 g/mol. The number of nitrogens with zero attached hydrogens (tertiary/aromatic N) is 1. The van der Waals surface area contributed by atoms with Crippen molar-refractivity contribution in [2.24, 2.45) is 0 Å². The van der Waals surface area contributed by atoms with E-state index in [1.54, 1.807) is 6.92 Å². The molecule has 70 valence electrons. The van der Waals surface area contributed by atoms with Crippen LogP contribution < -0.4 is 5.32 Å². The van der Waals surface area contributed by atoms with Gasteiger partial charge in [0.1, 0.15) is 0 Å². The molecule has 0 fully saturated rings. The minimum absolute atomic E-state index is 0.0287. The first-order valence-electron chi connectivity index (χ1n) is 4.51. The van der Waals surface area contributed by atoms with Gasteiger partial charge in [-0.15, -0.1) is 0 Å². The highest BCUT2D eigenvalue weighted by atomic mass is 16.3. The number of hydrogen-bond donors (Lipinski definition) is 2. The first kappa shape index (κ1) is 11.4. The third-order valence-electron chi connectivity index (χ3n) is 1.75. The first-order chi connectivity index (χ1) is 5.70. The molecule has 0 radical (unpaired) electrons. The predicted octanol–water partition coefficient (Wildman–Crippen LogP) is 1.04. The van der Waals surface area contributed by atoms with Crippen LogP contribution >= 0.6 is 0 Å². The fourth-order valence-corrected chi connectivity index (χ4v) is 0.955. The highest BCUT2D eigenvalue weighted by molar-refractivity contribution is 4.87. The van der Waals surface area contributed by atoms with Crippen LogP contribution in [0, 0.1) is 11.3 Å². The van der Waals surface area contributed by atoms with Crippen molar-refractivity contribution in [3.05, 3.63) is 0 Å². The lowest BCUT2D eigenvalue weighted by Gasteiger charge is -2.09. The first-order valence-corrected chi connectivity index (χ1v) is 4.51. The zero-order chi connectivity index (χ0) is 9.40. The van der Waals surface area contributed by atoms with Crippen LogP contribution in [0.3, 0.4) is 0 Å². The van der Waals surface area contributed by atoms with Crippen LogP contribution in [0.25, 0.3) is 0 Å². The SMILES string of the molecule is CCC(C#N)NCCCC(C)O. The summed E-state index contributed by atoms with van der Waals surface area (Å²) in [6, 6.07) is 2.14. The molecule has 0 aliphatic carbocycles. The Morgan fingerprint density at radius 3 is 2.67 bits per heavy atom. The Labute approximate surface area is 74.4 Å². The summed E-state index contributed by atoms with van der Waals surface area (Å²) in [5, 5.41) is 20.6. The lowest BCUT2D eigenvalue weighted by atomic mass is 10.2. The lowest BCUT2D eigenvalue weighted by Crippen LogP contribution is -2.28. The predicted molar refractivity (Wildman–Crippen MR) is 48.6 cm³/mol. The second-order valence-electron chi connectivity index (χ2n) is 3.04. The third-order valence-corrected chi connectivity index (χ3v) is 1.75. The zero-order valence-corrected chi connectivity index (χ0v) is 7.88. The Hall–Kier alpha value is -0.590. The van der Waals surface area contributed by atoms with Crippen molar-refractivity contribution in [3.63, 3.8) is 0 Å². The van der Waals surface area contributed by atoms with Gasteiger partial charge < -0.3 is 10.4 Å². The molecule has 0 bridgehead atoms. The summed E-state index contributed by atoms with van der Waals surface area (Å²) >= 11 is 0. The molecule has 0 aromatic carbocycles. The minimum Gasteiger partial charge on any atom is -0.393 e. The smallest absolute Gasteiger partial charge is 0.0950 e. The maximum Gasteiger partial charge on any atom is 0.0950 e. The molecular formula is C9H18N2O. The second kappa shape index (κ2) is 7.08. The molecule has 0 aliphatic heterocycles. The van der Waals surface area contributed by atoms with Gasteiger partial charge in [-0.3, -0.25) is 0 Å².